The van der Waals surface area contributed by atoms with Gasteiger partial charge in [0.2, 0.25) is 17.6 Å². The molecular formula is C21H24ClF3N4O5. The first kappa shape index (κ1) is 27.1. The van der Waals surface area contributed by atoms with Crippen molar-refractivity contribution in [3.63, 3.8) is 0 Å². The molecule has 1 aliphatic rings. The highest BCUT2D eigenvalue weighted by Crippen LogP contribution is 2.28. The number of benzene rings is 1. The molecule has 4 amide bonds. The molecule has 4 N–H and O–H groups in total. The lowest BCUT2D eigenvalue weighted by Crippen LogP contribution is -2.48. The third-order valence-electron chi connectivity index (χ3n) is 5.36. The maximum atomic E-state index is 13.0. The van der Waals surface area contributed by atoms with E-state index in [4.69, 9.17) is 11.6 Å². The summed E-state index contributed by atoms with van der Waals surface area (Å²) in [4.78, 5) is 61.6. The van der Waals surface area contributed by atoms with Gasteiger partial charge in [0.15, 0.2) is 0 Å². The van der Waals surface area contributed by atoms with E-state index >= 15 is 0 Å². The lowest BCUT2D eigenvalue weighted by molar-refractivity contribution is -0.175. The monoisotopic (exact) mass is 504 g/mol. The van der Waals surface area contributed by atoms with Gasteiger partial charge in [0.25, 0.3) is 11.8 Å². The van der Waals surface area contributed by atoms with E-state index in [-0.39, 0.29) is 34.6 Å². The Morgan fingerprint density at radius 3 is 2.41 bits per heavy atom. The Kier molecular flexibility index (Phi) is 8.65. The van der Waals surface area contributed by atoms with Crippen molar-refractivity contribution in [1.82, 2.24) is 16.0 Å². The molecule has 9 nitrogen and oxygen atoms in total. The number of hydrogen-bond acceptors (Lipinski definition) is 5. The van der Waals surface area contributed by atoms with E-state index in [1.54, 1.807) is 6.92 Å². The third-order valence-corrected chi connectivity index (χ3v) is 5.59. The van der Waals surface area contributed by atoms with Gasteiger partial charge >= 0.3 is 6.18 Å². The molecule has 34 heavy (non-hydrogen) atoms. The van der Waals surface area contributed by atoms with Crippen LogP contribution in [0.3, 0.4) is 0 Å². The summed E-state index contributed by atoms with van der Waals surface area (Å²) in [7, 11) is 1.22. The third kappa shape index (κ3) is 6.69. The zero-order valence-corrected chi connectivity index (χ0v) is 19.3. The van der Waals surface area contributed by atoms with Crippen LogP contribution in [0.2, 0.25) is 5.02 Å². The molecule has 0 spiro atoms. The minimum absolute atomic E-state index is 0.0326. The first-order valence-electron chi connectivity index (χ1n) is 10.3. The standard InChI is InChI=1S/C21H24ClF3N4O5/c1-9-6-11(18(32)27-9)7-15(16(30)20(34)26-3)29-19(33)13-8-12(22)4-5-14(13)28-17(31)10(2)21(23,24)25/h4-5,8-11,15H,6-7H2,1-3H3,(H,26,34)(H,27,32)(H,28,31)(H,29,33)/t9-,10?,11+,15?/m1/s1. The predicted molar refractivity (Wildman–Crippen MR) is 116 cm³/mol. The summed E-state index contributed by atoms with van der Waals surface area (Å²) < 4.78 is 38.6. The van der Waals surface area contributed by atoms with Gasteiger partial charge in [0, 0.05) is 24.0 Å². The number of likely N-dealkylation sites (N-methyl/N-ethyl adjacent to an activating group) is 1. The van der Waals surface area contributed by atoms with Crippen molar-refractivity contribution >= 4 is 46.7 Å². The van der Waals surface area contributed by atoms with Gasteiger partial charge in [-0.2, -0.15) is 13.2 Å². The van der Waals surface area contributed by atoms with Crippen LogP contribution >= 0.6 is 11.6 Å². The number of anilines is 1. The molecule has 1 aliphatic heterocycles. The van der Waals surface area contributed by atoms with E-state index in [2.05, 4.69) is 16.0 Å². The van der Waals surface area contributed by atoms with Gasteiger partial charge in [0.05, 0.1) is 17.3 Å². The molecule has 1 aromatic carbocycles. The molecule has 0 saturated carbocycles. The van der Waals surface area contributed by atoms with Crippen molar-refractivity contribution in [1.29, 1.82) is 0 Å². The number of carbonyl (C=O) groups is 5. The van der Waals surface area contributed by atoms with E-state index in [0.29, 0.717) is 13.3 Å². The number of carbonyl (C=O) groups excluding carboxylic acids is 5. The average Bonchev–Trinajstić information content (AvgIpc) is 3.08. The van der Waals surface area contributed by atoms with Crippen LogP contribution in [-0.4, -0.2) is 54.7 Å². The number of Topliss-reactive ketones (excluding diaryl/α,β-unsaturated/α-hetero) is 1. The molecule has 13 heteroatoms. The predicted octanol–water partition coefficient (Wildman–Crippen LogP) is 1.81. The Morgan fingerprint density at radius 2 is 1.88 bits per heavy atom. The van der Waals surface area contributed by atoms with Crippen LogP contribution < -0.4 is 21.3 Å². The van der Waals surface area contributed by atoms with Gasteiger partial charge < -0.3 is 21.3 Å². The van der Waals surface area contributed by atoms with Crippen LogP contribution in [0.1, 0.15) is 37.0 Å². The van der Waals surface area contributed by atoms with Gasteiger partial charge in [-0.25, -0.2) is 0 Å². The Hall–Kier alpha value is -3.15. The SMILES string of the molecule is CNC(=O)C(=O)C(C[C@@H]1C[C@@H](C)NC1=O)NC(=O)c1cc(Cl)ccc1NC(=O)C(C)C(F)(F)F. The summed E-state index contributed by atoms with van der Waals surface area (Å²) >= 11 is 5.92. The fourth-order valence-corrected chi connectivity index (χ4v) is 3.57. The smallest absolute Gasteiger partial charge is 0.353 e. The van der Waals surface area contributed by atoms with Crippen molar-refractivity contribution in [3.05, 3.63) is 28.8 Å². The summed E-state index contributed by atoms with van der Waals surface area (Å²) in [5, 5.41) is 9.25. The second-order valence-corrected chi connectivity index (χ2v) is 8.43. The molecule has 186 valence electrons. The van der Waals surface area contributed by atoms with Crippen LogP contribution in [-0.2, 0) is 19.2 Å². The molecule has 1 saturated heterocycles. The molecule has 0 radical (unpaired) electrons. The molecule has 0 bridgehead atoms. The molecule has 4 atom stereocenters. The molecule has 1 aromatic rings. The molecule has 1 fully saturated rings. The lowest BCUT2D eigenvalue weighted by Gasteiger charge is -2.21. The lowest BCUT2D eigenvalue weighted by atomic mass is 9.93. The number of ketones is 1. The van der Waals surface area contributed by atoms with Gasteiger partial charge in [-0.05, 0) is 44.9 Å². The van der Waals surface area contributed by atoms with E-state index in [0.717, 1.165) is 12.1 Å². The first-order chi connectivity index (χ1) is 15.7. The van der Waals surface area contributed by atoms with Crippen LogP contribution in [0, 0.1) is 11.8 Å². The van der Waals surface area contributed by atoms with Crippen LogP contribution in [0.4, 0.5) is 18.9 Å². The summed E-state index contributed by atoms with van der Waals surface area (Å²) in [5.74, 6) is -7.75. The number of alkyl halides is 3. The fraction of sp³-hybridized carbons (Fsp3) is 0.476. The quantitative estimate of drug-likeness (QED) is 0.401. The maximum Gasteiger partial charge on any atom is 0.400 e. The highest BCUT2D eigenvalue weighted by Gasteiger charge is 2.41. The molecular weight excluding hydrogens is 481 g/mol. The molecule has 1 heterocycles. The minimum Gasteiger partial charge on any atom is -0.353 e. The largest absolute Gasteiger partial charge is 0.400 e. The summed E-state index contributed by atoms with van der Waals surface area (Å²) in [6, 6.07) is 1.92. The van der Waals surface area contributed by atoms with Gasteiger partial charge in [-0.15, -0.1) is 0 Å². The topological polar surface area (TPSA) is 133 Å². The normalized spacial score (nSPS) is 19.6. The number of halogens is 4. The van der Waals surface area contributed by atoms with E-state index in [1.165, 1.54) is 13.1 Å². The minimum atomic E-state index is -4.80. The average molecular weight is 505 g/mol. The van der Waals surface area contributed by atoms with Gasteiger partial charge in [0.1, 0.15) is 5.92 Å². The maximum absolute atomic E-state index is 13.0. The molecule has 0 aromatic heterocycles. The molecule has 2 rings (SSSR count). The molecule has 0 aliphatic carbocycles. The van der Waals surface area contributed by atoms with Crippen molar-refractivity contribution in [2.75, 3.05) is 12.4 Å². The van der Waals surface area contributed by atoms with Crippen molar-refractivity contribution in [2.45, 2.75) is 44.9 Å². The van der Waals surface area contributed by atoms with Crippen molar-refractivity contribution < 1.29 is 37.1 Å². The zero-order chi connectivity index (χ0) is 25.8. The van der Waals surface area contributed by atoms with Crippen LogP contribution in [0.5, 0.6) is 0 Å². The van der Waals surface area contributed by atoms with Crippen LogP contribution in [0.15, 0.2) is 18.2 Å². The Labute approximate surface area is 198 Å². The summed E-state index contributed by atoms with van der Waals surface area (Å²) in [5.41, 5.74) is -0.601. The fourth-order valence-electron chi connectivity index (χ4n) is 3.39. The van der Waals surface area contributed by atoms with Crippen LogP contribution in [0.25, 0.3) is 0 Å². The van der Waals surface area contributed by atoms with Gasteiger partial charge in [-0.3, -0.25) is 24.0 Å². The second-order valence-electron chi connectivity index (χ2n) is 7.99. The highest BCUT2D eigenvalue weighted by molar-refractivity contribution is 6.38. The van der Waals surface area contributed by atoms with E-state index < -0.39 is 47.6 Å². The number of hydrogen-bond donors (Lipinski definition) is 4. The first-order valence-corrected chi connectivity index (χ1v) is 10.7. The van der Waals surface area contributed by atoms with E-state index in [9.17, 15) is 37.1 Å². The highest BCUT2D eigenvalue weighted by atomic mass is 35.5. The Balaban J connectivity index is 2.31. The number of amides is 4. The van der Waals surface area contributed by atoms with Crippen molar-refractivity contribution in [2.24, 2.45) is 11.8 Å². The Morgan fingerprint density at radius 1 is 1.24 bits per heavy atom. The van der Waals surface area contributed by atoms with Crippen molar-refractivity contribution in [3.8, 4) is 0 Å². The number of rotatable bonds is 8. The molecule has 2 unspecified atom stereocenters. The zero-order valence-electron chi connectivity index (χ0n) is 18.5. The summed E-state index contributed by atoms with van der Waals surface area (Å²) in [6.45, 7) is 2.42. The Bertz CT molecular complexity index is 1000. The van der Waals surface area contributed by atoms with E-state index in [1.807, 2.05) is 5.32 Å². The van der Waals surface area contributed by atoms with Gasteiger partial charge in [-0.1, -0.05) is 11.6 Å². The summed E-state index contributed by atoms with van der Waals surface area (Å²) in [6.07, 6.45) is -4.61. The second kappa shape index (κ2) is 10.9. The number of nitrogens with one attached hydrogen (secondary N) is 4.